The van der Waals surface area contributed by atoms with Crippen molar-refractivity contribution in [1.29, 1.82) is 0 Å². The second-order valence-electron chi connectivity index (χ2n) is 4.32. The van der Waals surface area contributed by atoms with Gasteiger partial charge in [-0.3, -0.25) is 9.25 Å². The number of nitrogens with zero attached hydrogens (tertiary/aromatic N) is 3. The van der Waals surface area contributed by atoms with Gasteiger partial charge in [-0.05, 0) is 41.1 Å². The molecule has 7 heteroatoms. The molecule has 0 radical (unpaired) electrons. The maximum atomic E-state index is 13.5. The molecule has 1 aromatic carbocycles. The van der Waals surface area contributed by atoms with E-state index in [1.165, 1.54) is 6.07 Å². The van der Waals surface area contributed by atoms with Crippen LogP contribution in [0.15, 0.2) is 22.8 Å². The first kappa shape index (κ1) is 12.6. The van der Waals surface area contributed by atoms with Crippen LogP contribution < -0.4 is 0 Å². The quantitative estimate of drug-likeness (QED) is 0.687. The number of fused-ring (bicyclic) bond motifs is 1. The third kappa shape index (κ3) is 1.93. The lowest BCUT2D eigenvalue weighted by Crippen LogP contribution is -1.94. The van der Waals surface area contributed by atoms with Gasteiger partial charge in [0.25, 0.3) is 0 Å². The maximum absolute atomic E-state index is 13.5. The molecular formula is C12H10BrFN4S. The van der Waals surface area contributed by atoms with E-state index in [2.05, 4.69) is 26.0 Å². The van der Waals surface area contributed by atoms with Gasteiger partial charge < -0.3 is 4.98 Å². The average Bonchev–Trinajstić information content (AvgIpc) is 2.79. The van der Waals surface area contributed by atoms with Crippen LogP contribution in [0.5, 0.6) is 0 Å². The number of benzene rings is 1. The Hall–Kier alpha value is -1.47. The predicted molar refractivity (Wildman–Crippen MR) is 77.6 cm³/mol. The zero-order valence-corrected chi connectivity index (χ0v) is 12.6. The van der Waals surface area contributed by atoms with Crippen molar-refractivity contribution in [3.8, 4) is 5.69 Å². The van der Waals surface area contributed by atoms with Crippen molar-refractivity contribution < 1.29 is 4.39 Å². The summed E-state index contributed by atoms with van der Waals surface area (Å²) in [6.45, 7) is 1.91. The van der Waals surface area contributed by atoms with Gasteiger partial charge in [-0.1, -0.05) is 0 Å². The third-order valence-electron chi connectivity index (χ3n) is 2.95. The molecule has 0 spiro atoms. The molecule has 19 heavy (non-hydrogen) atoms. The van der Waals surface area contributed by atoms with Crippen LogP contribution >= 0.6 is 28.1 Å². The number of hydrogen-bond donors (Lipinski definition) is 1. The molecule has 2 aromatic heterocycles. The van der Waals surface area contributed by atoms with Crippen molar-refractivity contribution in [2.45, 2.75) is 6.92 Å². The minimum atomic E-state index is -0.321. The summed E-state index contributed by atoms with van der Waals surface area (Å²) in [7, 11) is 1.85. The van der Waals surface area contributed by atoms with Crippen molar-refractivity contribution >= 4 is 39.2 Å². The van der Waals surface area contributed by atoms with Gasteiger partial charge in [0, 0.05) is 19.3 Å². The van der Waals surface area contributed by atoms with Crippen molar-refractivity contribution in [2.24, 2.45) is 7.05 Å². The number of halogens is 2. The fraction of sp³-hybridized carbons (Fsp3) is 0.167. The Kier molecular flexibility index (Phi) is 2.83. The molecule has 0 amide bonds. The van der Waals surface area contributed by atoms with E-state index in [4.69, 9.17) is 12.2 Å². The lowest BCUT2D eigenvalue weighted by Gasteiger charge is -2.03. The number of aromatic amines is 1. The fourth-order valence-corrected chi connectivity index (χ4v) is 2.79. The van der Waals surface area contributed by atoms with E-state index >= 15 is 0 Å². The van der Waals surface area contributed by atoms with Gasteiger partial charge in [0.05, 0.1) is 26.9 Å². The molecular weight excluding hydrogens is 331 g/mol. The number of rotatable bonds is 1. The molecule has 3 aromatic rings. The van der Waals surface area contributed by atoms with Crippen LogP contribution in [0.25, 0.3) is 16.7 Å². The van der Waals surface area contributed by atoms with Crippen LogP contribution in [-0.2, 0) is 7.05 Å². The summed E-state index contributed by atoms with van der Waals surface area (Å²) in [4.78, 5) is 3.01. The predicted octanol–water partition coefficient (Wildman–Crippen LogP) is 3.63. The number of nitrogens with one attached hydrogen (secondary N) is 1. The molecule has 0 bridgehead atoms. The van der Waals surface area contributed by atoms with Crippen molar-refractivity contribution in [2.75, 3.05) is 0 Å². The highest BCUT2D eigenvalue weighted by atomic mass is 79.9. The molecule has 0 aliphatic carbocycles. The largest absolute Gasteiger partial charge is 0.330 e. The van der Waals surface area contributed by atoms with E-state index in [0.29, 0.717) is 14.8 Å². The molecule has 98 valence electrons. The van der Waals surface area contributed by atoms with E-state index < -0.39 is 0 Å². The highest BCUT2D eigenvalue weighted by Crippen LogP contribution is 2.26. The molecule has 0 atom stereocenters. The standard InChI is InChI=1S/C12H10BrFN4S/c1-6-11(5-17(2)16-6)18-10-3-7(13)8(14)4-9(10)15-12(18)19/h3-5H,1-2H3,(H,15,19). The van der Waals surface area contributed by atoms with Gasteiger partial charge in [-0.15, -0.1) is 0 Å². The molecule has 3 rings (SSSR count). The van der Waals surface area contributed by atoms with Crippen LogP contribution in [0.1, 0.15) is 5.69 Å². The van der Waals surface area contributed by atoms with Crippen LogP contribution in [-0.4, -0.2) is 19.3 Å². The summed E-state index contributed by atoms with van der Waals surface area (Å²) >= 11 is 8.52. The number of aryl methyl sites for hydroxylation is 2. The maximum Gasteiger partial charge on any atom is 0.182 e. The van der Waals surface area contributed by atoms with E-state index in [1.807, 2.05) is 24.7 Å². The highest BCUT2D eigenvalue weighted by Gasteiger charge is 2.13. The molecule has 1 N–H and O–H groups in total. The summed E-state index contributed by atoms with van der Waals surface area (Å²) in [6, 6.07) is 3.14. The van der Waals surface area contributed by atoms with Gasteiger partial charge in [0.2, 0.25) is 0 Å². The third-order valence-corrected chi connectivity index (χ3v) is 3.84. The smallest absolute Gasteiger partial charge is 0.182 e. The van der Waals surface area contributed by atoms with Crippen LogP contribution in [0.4, 0.5) is 4.39 Å². The fourth-order valence-electron chi connectivity index (χ4n) is 2.15. The number of H-pyrrole nitrogens is 1. The lowest BCUT2D eigenvalue weighted by molar-refractivity contribution is 0.623. The van der Waals surface area contributed by atoms with Gasteiger partial charge >= 0.3 is 0 Å². The van der Waals surface area contributed by atoms with Crippen LogP contribution in [0, 0.1) is 17.5 Å². The molecule has 4 nitrogen and oxygen atoms in total. The Labute approximate surface area is 122 Å². The van der Waals surface area contributed by atoms with Gasteiger partial charge in [-0.25, -0.2) is 4.39 Å². The van der Waals surface area contributed by atoms with Crippen molar-refractivity contribution in [3.05, 3.63) is 39.1 Å². The molecule has 0 unspecified atom stereocenters. The van der Waals surface area contributed by atoms with Gasteiger partial charge in [0.15, 0.2) is 4.77 Å². The minimum absolute atomic E-state index is 0.321. The van der Waals surface area contributed by atoms with Gasteiger partial charge in [-0.2, -0.15) is 5.10 Å². The Morgan fingerprint density at radius 3 is 2.79 bits per heavy atom. The SMILES string of the molecule is Cc1nn(C)cc1-n1c(=S)[nH]c2cc(F)c(Br)cc21. The normalized spacial score (nSPS) is 11.4. The van der Waals surface area contributed by atoms with E-state index in [0.717, 1.165) is 16.9 Å². The molecule has 0 aliphatic heterocycles. The molecule has 0 aliphatic rings. The first-order valence-electron chi connectivity index (χ1n) is 5.58. The average molecular weight is 341 g/mol. The summed E-state index contributed by atoms with van der Waals surface area (Å²) in [5.74, 6) is -0.321. The van der Waals surface area contributed by atoms with E-state index in [-0.39, 0.29) is 5.82 Å². The first-order valence-corrected chi connectivity index (χ1v) is 6.78. The monoisotopic (exact) mass is 340 g/mol. The molecule has 0 saturated heterocycles. The topological polar surface area (TPSA) is 38.5 Å². The minimum Gasteiger partial charge on any atom is -0.330 e. The Bertz CT molecular complexity index is 845. The van der Waals surface area contributed by atoms with Crippen molar-refractivity contribution in [3.63, 3.8) is 0 Å². The highest BCUT2D eigenvalue weighted by molar-refractivity contribution is 9.10. The zero-order chi connectivity index (χ0) is 13.7. The Morgan fingerprint density at radius 1 is 1.42 bits per heavy atom. The zero-order valence-electron chi connectivity index (χ0n) is 10.2. The van der Waals surface area contributed by atoms with Gasteiger partial charge in [0.1, 0.15) is 5.82 Å². The summed E-state index contributed by atoms with van der Waals surface area (Å²) in [5, 5.41) is 4.30. The second-order valence-corrected chi connectivity index (χ2v) is 5.56. The Morgan fingerprint density at radius 2 is 2.16 bits per heavy atom. The summed E-state index contributed by atoms with van der Waals surface area (Å²) in [6.07, 6.45) is 1.88. The summed E-state index contributed by atoms with van der Waals surface area (Å²) < 4.78 is 18.1. The van der Waals surface area contributed by atoms with E-state index in [9.17, 15) is 4.39 Å². The molecule has 0 fully saturated rings. The van der Waals surface area contributed by atoms with Crippen LogP contribution in [0.3, 0.4) is 0 Å². The summed E-state index contributed by atoms with van der Waals surface area (Å²) in [5.41, 5.74) is 3.22. The van der Waals surface area contributed by atoms with Crippen LogP contribution in [0.2, 0.25) is 0 Å². The number of imidazole rings is 1. The first-order chi connectivity index (χ1) is 8.97. The molecule has 0 saturated carbocycles. The second kappa shape index (κ2) is 4.28. The number of aromatic nitrogens is 4. The van der Waals surface area contributed by atoms with E-state index in [1.54, 1.807) is 10.7 Å². The number of hydrogen-bond acceptors (Lipinski definition) is 2. The Balaban J connectivity index is 2.41. The lowest BCUT2D eigenvalue weighted by atomic mass is 10.3. The molecule has 2 heterocycles. The van der Waals surface area contributed by atoms with Crippen molar-refractivity contribution in [1.82, 2.24) is 19.3 Å².